The first-order valence-corrected chi connectivity index (χ1v) is 5.73. The summed E-state index contributed by atoms with van der Waals surface area (Å²) in [4.78, 5) is 25.8. The zero-order chi connectivity index (χ0) is 14.4. The van der Waals surface area contributed by atoms with Gasteiger partial charge in [0.15, 0.2) is 0 Å². The van der Waals surface area contributed by atoms with Crippen LogP contribution in [0.5, 0.6) is 0 Å². The first-order valence-electron chi connectivity index (χ1n) is 5.73. The third-order valence-corrected chi connectivity index (χ3v) is 2.34. The predicted molar refractivity (Wildman–Crippen MR) is 69.2 cm³/mol. The Bertz CT molecular complexity index is 488. The zero-order valence-electron chi connectivity index (χ0n) is 10.9. The number of anilines is 1. The molecule has 0 saturated carbocycles. The van der Waals surface area contributed by atoms with Crippen molar-refractivity contribution in [2.24, 2.45) is 5.73 Å². The molecule has 1 rings (SSSR count). The lowest BCUT2D eigenvalue weighted by Gasteiger charge is -2.11. The van der Waals surface area contributed by atoms with Gasteiger partial charge in [0.2, 0.25) is 5.91 Å². The summed E-state index contributed by atoms with van der Waals surface area (Å²) >= 11 is 0. The summed E-state index contributed by atoms with van der Waals surface area (Å²) in [6.45, 7) is 3.91. The standard InChI is InChI=1S/C12H17N3O4/c1-7-5-8(2)15-11(10(7)12(17)18)14-3-4-19-6-9(13)16/h5H,3-4,6H2,1-2H3,(H2,13,16)(H,14,15)(H,17,18). The first kappa shape index (κ1) is 14.9. The molecule has 0 fully saturated rings. The number of carbonyl (C=O) groups is 2. The van der Waals surface area contributed by atoms with Gasteiger partial charge in [-0.15, -0.1) is 0 Å². The number of nitrogens with two attached hydrogens (primary N) is 1. The monoisotopic (exact) mass is 267 g/mol. The van der Waals surface area contributed by atoms with E-state index in [1.807, 2.05) is 0 Å². The number of hydrogen-bond acceptors (Lipinski definition) is 5. The Labute approximate surface area is 110 Å². The number of hydrogen-bond donors (Lipinski definition) is 3. The molecule has 1 heterocycles. The summed E-state index contributed by atoms with van der Waals surface area (Å²) < 4.78 is 4.97. The van der Waals surface area contributed by atoms with Crippen LogP contribution in [0.3, 0.4) is 0 Å². The summed E-state index contributed by atoms with van der Waals surface area (Å²) in [6, 6.07) is 1.71. The molecule has 0 aliphatic heterocycles. The molecule has 0 aliphatic carbocycles. The summed E-state index contributed by atoms with van der Waals surface area (Å²) in [5, 5.41) is 12.0. The van der Waals surface area contributed by atoms with E-state index < -0.39 is 11.9 Å². The number of ether oxygens (including phenoxy) is 1. The van der Waals surface area contributed by atoms with Crippen LogP contribution in [0.15, 0.2) is 6.07 Å². The molecule has 0 bridgehead atoms. The van der Waals surface area contributed by atoms with Crippen molar-refractivity contribution in [3.8, 4) is 0 Å². The quantitative estimate of drug-likeness (QED) is 0.612. The van der Waals surface area contributed by atoms with Crippen LogP contribution in [0.25, 0.3) is 0 Å². The molecule has 1 amide bonds. The summed E-state index contributed by atoms with van der Waals surface area (Å²) in [5.41, 5.74) is 6.42. The molecule has 0 unspecified atom stereocenters. The summed E-state index contributed by atoms with van der Waals surface area (Å²) in [6.07, 6.45) is 0. The second kappa shape index (κ2) is 6.69. The van der Waals surface area contributed by atoms with Gasteiger partial charge in [-0.3, -0.25) is 4.79 Å². The molecule has 0 radical (unpaired) electrons. The smallest absolute Gasteiger partial charge is 0.339 e. The minimum absolute atomic E-state index is 0.139. The number of rotatable bonds is 7. The highest BCUT2D eigenvalue weighted by Gasteiger charge is 2.15. The summed E-state index contributed by atoms with van der Waals surface area (Å²) in [7, 11) is 0. The minimum Gasteiger partial charge on any atom is -0.478 e. The first-order chi connectivity index (χ1) is 8.91. The van der Waals surface area contributed by atoms with Gasteiger partial charge in [-0.1, -0.05) is 0 Å². The largest absolute Gasteiger partial charge is 0.478 e. The summed E-state index contributed by atoms with van der Waals surface area (Å²) in [5.74, 6) is -1.28. The number of nitrogens with zero attached hydrogens (tertiary/aromatic N) is 1. The predicted octanol–water partition coefficient (Wildman–Crippen LogP) is 0.310. The van der Waals surface area contributed by atoms with Gasteiger partial charge in [0.1, 0.15) is 18.0 Å². The highest BCUT2D eigenvalue weighted by Crippen LogP contribution is 2.18. The van der Waals surface area contributed by atoms with Crippen LogP contribution in [-0.4, -0.2) is 41.7 Å². The van der Waals surface area contributed by atoms with Crippen molar-refractivity contribution in [2.75, 3.05) is 25.1 Å². The number of aromatic nitrogens is 1. The average Bonchev–Trinajstić information content (AvgIpc) is 2.26. The van der Waals surface area contributed by atoms with Gasteiger partial charge in [0, 0.05) is 12.2 Å². The van der Waals surface area contributed by atoms with Crippen LogP contribution in [-0.2, 0) is 9.53 Å². The Balaban J connectivity index is 2.67. The Morgan fingerprint density at radius 3 is 2.74 bits per heavy atom. The number of carbonyl (C=O) groups excluding carboxylic acids is 1. The number of carboxylic acid groups (broad SMARTS) is 1. The van der Waals surface area contributed by atoms with E-state index in [0.29, 0.717) is 17.9 Å². The second-order valence-electron chi connectivity index (χ2n) is 4.05. The molecule has 7 nitrogen and oxygen atoms in total. The fourth-order valence-electron chi connectivity index (χ4n) is 1.65. The van der Waals surface area contributed by atoms with Crippen LogP contribution in [0, 0.1) is 13.8 Å². The van der Waals surface area contributed by atoms with Crippen molar-refractivity contribution in [1.82, 2.24) is 4.98 Å². The van der Waals surface area contributed by atoms with Crippen molar-refractivity contribution in [2.45, 2.75) is 13.8 Å². The third-order valence-electron chi connectivity index (χ3n) is 2.34. The van der Waals surface area contributed by atoms with E-state index in [-0.39, 0.29) is 18.8 Å². The van der Waals surface area contributed by atoms with Crippen molar-refractivity contribution < 1.29 is 19.4 Å². The molecular weight excluding hydrogens is 250 g/mol. The van der Waals surface area contributed by atoms with E-state index in [2.05, 4.69) is 10.3 Å². The van der Waals surface area contributed by atoms with Crippen LogP contribution in [0.1, 0.15) is 21.6 Å². The lowest BCUT2D eigenvalue weighted by atomic mass is 10.1. The van der Waals surface area contributed by atoms with E-state index in [4.69, 9.17) is 15.6 Å². The number of primary amides is 1. The maximum Gasteiger partial charge on any atom is 0.339 e. The molecule has 0 atom stereocenters. The molecule has 1 aromatic heterocycles. The number of carboxylic acids is 1. The SMILES string of the molecule is Cc1cc(C)c(C(=O)O)c(NCCOCC(N)=O)n1. The third kappa shape index (κ3) is 4.55. The van der Waals surface area contributed by atoms with Crippen LogP contribution in [0.2, 0.25) is 0 Å². The number of aromatic carboxylic acids is 1. The molecule has 1 aromatic rings. The van der Waals surface area contributed by atoms with Crippen molar-refractivity contribution in [3.63, 3.8) is 0 Å². The van der Waals surface area contributed by atoms with E-state index in [9.17, 15) is 9.59 Å². The zero-order valence-corrected chi connectivity index (χ0v) is 10.9. The fraction of sp³-hybridized carbons (Fsp3) is 0.417. The van der Waals surface area contributed by atoms with Crippen LogP contribution < -0.4 is 11.1 Å². The van der Waals surface area contributed by atoms with Crippen molar-refractivity contribution >= 4 is 17.7 Å². The second-order valence-corrected chi connectivity index (χ2v) is 4.05. The Morgan fingerprint density at radius 2 is 2.16 bits per heavy atom. The minimum atomic E-state index is -1.04. The molecule has 0 spiro atoms. The topological polar surface area (TPSA) is 115 Å². The fourth-order valence-corrected chi connectivity index (χ4v) is 1.65. The van der Waals surface area contributed by atoms with Gasteiger partial charge in [-0.25, -0.2) is 9.78 Å². The number of nitrogens with one attached hydrogen (secondary N) is 1. The van der Waals surface area contributed by atoms with Crippen molar-refractivity contribution in [3.05, 3.63) is 22.9 Å². The molecule has 0 aromatic carbocycles. The molecule has 0 aliphatic rings. The van der Waals surface area contributed by atoms with E-state index in [1.165, 1.54) is 0 Å². The Kier molecular flexibility index (Phi) is 5.25. The normalized spacial score (nSPS) is 10.2. The molecular formula is C12H17N3O4. The Morgan fingerprint density at radius 1 is 1.47 bits per heavy atom. The molecule has 104 valence electrons. The van der Waals surface area contributed by atoms with Gasteiger partial charge in [-0.05, 0) is 25.5 Å². The van der Waals surface area contributed by atoms with E-state index >= 15 is 0 Å². The molecule has 19 heavy (non-hydrogen) atoms. The maximum atomic E-state index is 11.2. The van der Waals surface area contributed by atoms with Gasteiger partial charge in [-0.2, -0.15) is 0 Å². The number of aryl methyl sites for hydroxylation is 2. The molecule has 7 heteroatoms. The van der Waals surface area contributed by atoms with Crippen LogP contribution in [0.4, 0.5) is 5.82 Å². The highest BCUT2D eigenvalue weighted by molar-refractivity contribution is 5.94. The maximum absolute atomic E-state index is 11.2. The van der Waals surface area contributed by atoms with Gasteiger partial charge >= 0.3 is 5.97 Å². The molecule has 0 saturated heterocycles. The van der Waals surface area contributed by atoms with Gasteiger partial charge in [0.05, 0.1) is 6.61 Å². The number of pyridine rings is 1. The van der Waals surface area contributed by atoms with Gasteiger partial charge < -0.3 is 20.9 Å². The van der Waals surface area contributed by atoms with Crippen LogP contribution >= 0.6 is 0 Å². The van der Waals surface area contributed by atoms with Crippen molar-refractivity contribution in [1.29, 1.82) is 0 Å². The lowest BCUT2D eigenvalue weighted by Crippen LogP contribution is -2.21. The van der Waals surface area contributed by atoms with E-state index in [0.717, 1.165) is 5.69 Å². The highest BCUT2D eigenvalue weighted by atomic mass is 16.5. The Hall–Kier alpha value is -2.15. The average molecular weight is 267 g/mol. The lowest BCUT2D eigenvalue weighted by molar-refractivity contribution is -0.122. The number of amides is 1. The van der Waals surface area contributed by atoms with Gasteiger partial charge in [0.25, 0.3) is 0 Å². The molecule has 4 N–H and O–H groups in total. The van der Waals surface area contributed by atoms with E-state index in [1.54, 1.807) is 19.9 Å².